The number of carbonyl (C=O) groups is 2. The molecular weight excluding hydrogens is 254 g/mol. The first-order valence-corrected chi connectivity index (χ1v) is 5.84. The second-order valence-electron chi connectivity index (χ2n) is 5.00. The Morgan fingerprint density at radius 1 is 1.21 bits per heavy atom. The molecule has 102 valence electrons. The summed E-state index contributed by atoms with van der Waals surface area (Å²) >= 11 is 0. The molecule has 4 nitrogen and oxygen atoms in total. The fourth-order valence-corrected chi connectivity index (χ4v) is 2.07. The van der Waals surface area contributed by atoms with Crippen LogP contribution in [0.15, 0.2) is 18.2 Å². The fraction of sp³-hybridized carbons (Fsp3) is 0.385. The summed E-state index contributed by atoms with van der Waals surface area (Å²) in [4.78, 5) is 24.9. The molecule has 0 atom stereocenters. The van der Waals surface area contributed by atoms with Crippen LogP contribution in [-0.2, 0) is 16.1 Å². The zero-order valence-corrected chi connectivity index (χ0v) is 10.7. The predicted molar refractivity (Wildman–Crippen MR) is 64.0 cm³/mol. The van der Waals surface area contributed by atoms with E-state index in [1.165, 1.54) is 4.90 Å². The second-order valence-corrected chi connectivity index (χ2v) is 5.00. The van der Waals surface area contributed by atoms with E-state index in [-0.39, 0.29) is 24.9 Å². The van der Waals surface area contributed by atoms with Crippen molar-refractivity contribution < 1.29 is 18.4 Å². The van der Waals surface area contributed by atoms with Crippen molar-refractivity contribution in [3.63, 3.8) is 0 Å². The van der Waals surface area contributed by atoms with Crippen LogP contribution in [-0.4, -0.2) is 28.8 Å². The van der Waals surface area contributed by atoms with Crippen LogP contribution in [0.5, 0.6) is 0 Å². The molecule has 19 heavy (non-hydrogen) atoms. The molecule has 0 saturated carbocycles. The van der Waals surface area contributed by atoms with E-state index in [1.807, 2.05) is 0 Å². The Balaban J connectivity index is 2.29. The molecule has 6 heteroatoms. The largest absolute Gasteiger partial charge is 0.345 e. The predicted octanol–water partition coefficient (Wildman–Crippen LogP) is 1.20. The first-order valence-electron chi connectivity index (χ1n) is 5.84. The van der Waals surface area contributed by atoms with Crippen LogP contribution in [0.2, 0.25) is 0 Å². The van der Waals surface area contributed by atoms with Gasteiger partial charge in [0.05, 0.1) is 6.54 Å². The van der Waals surface area contributed by atoms with Gasteiger partial charge >= 0.3 is 0 Å². The van der Waals surface area contributed by atoms with Crippen molar-refractivity contribution >= 4 is 11.8 Å². The van der Waals surface area contributed by atoms with E-state index >= 15 is 0 Å². The average molecular weight is 268 g/mol. The van der Waals surface area contributed by atoms with Crippen LogP contribution >= 0.6 is 0 Å². The minimum atomic E-state index is -1.04. The van der Waals surface area contributed by atoms with Crippen molar-refractivity contribution in [2.45, 2.75) is 25.9 Å². The summed E-state index contributed by atoms with van der Waals surface area (Å²) in [7, 11) is 0. The third-order valence-corrected chi connectivity index (χ3v) is 3.19. The molecule has 1 fully saturated rings. The average Bonchev–Trinajstić information content (AvgIpc) is 2.29. The van der Waals surface area contributed by atoms with Crippen molar-refractivity contribution in [2.24, 2.45) is 0 Å². The number of nitrogens with zero attached hydrogens (tertiary/aromatic N) is 1. The summed E-state index contributed by atoms with van der Waals surface area (Å²) in [6.45, 7) is 3.08. The lowest BCUT2D eigenvalue weighted by atomic mass is 9.97. The summed E-state index contributed by atoms with van der Waals surface area (Å²) in [5.41, 5.74) is -0.730. The summed E-state index contributed by atoms with van der Waals surface area (Å²) < 4.78 is 26.3. The zero-order chi connectivity index (χ0) is 14.2. The summed E-state index contributed by atoms with van der Waals surface area (Å²) in [5.74, 6) is -1.98. The number of hydrogen-bond donors (Lipinski definition) is 1. The second kappa shape index (κ2) is 4.60. The Kier molecular flexibility index (Phi) is 3.26. The van der Waals surface area contributed by atoms with Crippen LogP contribution in [0.4, 0.5) is 8.78 Å². The number of amides is 2. The molecule has 0 spiro atoms. The standard InChI is InChI=1S/C13H14F2N2O2/c1-13(2)12(19)16-6-11(18)17(13)7-8-3-9(14)5-10(15)4-8/h3-5H,6-7H2,1-2H3,(H,16,19). The summed E-state index contributed by atoms with van der Waals surface area (Å²) in [5, 5.41) is 2.48. The first-order chi connectivity index (χ1) is 8.80. The minimum Gasteiger partial charge on any atom is -0.345 e. The van der Waals surface area contributed by atoms with E-state index in [1.54, 1.807) is 13.8 Å². The molecule has 0 radical (unpaired) electrons. The molecule has 0 aromatic heterocycles. The number of halogens is 2. The Morgan fingerprint density at radius 2 is 1.79 bits per heavy atom. The molecule has 1 aromatic rings. The molecule has 1 aromatic carbocycles. The lowest BCUT2D eigenvalue weighted by Gasteiger charge is -2.41. The molecule has 1 aliphatic heterocycles. The third-order valence-electron chi connectivity index (χ3n) is 3.19. The number of nitrogens with one attached hydrogen (secondary N) is 1. The molecule has 2 rings (SSSR count). The first kappa shape index (κ1) is 13.5. The van der Waals surface area contributed by atoms with Gasteiger partial charge in [-0.15, -0.1) is 0 Å². The minimum absolute atomic E-state index is 0.00602. The Bertz CT molecular complexity index is 523. The van der Waals surface area contributed by atoms with E-state index in [0.717, 1.165) is 18.2 Å². The van der Waals surface area contributed by atoms with Gasteiger partial charge in [0, 0.05) is 12.6 Å². The topological polar surface area (TPSA) is 49.4 Å². The van der Waals surface area contributed by atoms with Gasteiger partial charge < -0.3 is 10.2 Å². The lowest BCUT2D eigenvalue weighted by Crippen LogP contribution is -2.63. The highest BCUT2D eigenvalue weighted by atomic mass is 19.1. The molecule has 1 aliphatic rings. The van der Waals surface area contributed by atoms with E-state index in [9.17, 15) is 18.4 Å². The maximum atomic E-state index is 13.1. The molecule has 2 amide bonds. The molecule has 0 unspecified atom stereocenters. The molecule has 1 heterocycles. The highest BCUT2D eigenvalue weighted by Gasteiger charge is 2.41. The van der Waals surface area contributed by atoms with Crippen molar-refractivity contribution in [1.29, 1.82) is 0 Å². The van der Waals surface area contributed by atoms with Gasteiger partial charge in [-0.3, -0.25) is 9.59 Å². The quantitative estimate of drug-likeness (QED) is 0.876. The number of rotatable bonds is 2. The number of benzene rings is 1. The van der Waals surface area contributed by atoms with Gasteiger partial charge in [0.1, 0.15) is 17.2 Å². The molecule has 0 aliphatic carbocycles. The Labute approximate surface area is 109 Å². The van der Waals surface area contributed by atoms with Crippen molar-refractivity contribution in [3.8, 4) is 0 Å². The Hall–Kier alpha value is -1.98. The van der Waals surface area contributed by atoms with Crippen molar-refractivity contribution in [1.82, 2.24) is 10.2 Å². The molecular formula is C13H14F2N2O2. The number of carbonyl (C=O) groups excluding carboxylic acids is 2. The number of piperazine rings is 1. The normalized spacial score (nSPS) is 18.4. The van der Waals surface area contributed by atoms with Gasteiger partial charge in [0.15, 0.2) is 0 Å². The van der Waals surface area contributed by atoms with Crippen LogP contribution in [0, 0.1) is 11.6 Å². The van der Waals surface area contributed by atoms with Gasteiger partial charge in [-0.25, -0.2) is 8.78 Å². The monoisotopic (exact) mass is 268 g/mol. The summed E-state index contributed by atoms with van der Waals surface area (Å²) in [6.07, 6.45) is 0. The van der Waals surface area contributed by atoms with E-state index in [4.69, 9.17) is 0 Å². The highest BCUT2D eigenvalue weighted by Crippen LogP contribution is 2.22. The van der Waals surface area contributed by atoms with Gasteiger partial charge in [0.2, 0.25) is 11.8 Å². The maximum Gasteiger partial charge on any atom is 0.245 e. The van der Waals surface area contributed by atoms with Crippen LogP contribution in [0.1, 0.15) is 19.4 Å². The highest BCUT2D eigenvalue weighted by molar-refractivity contribution is 5.97. The van der Waals surface area contributed by atoms with Crippen molar-refractivity contribution in [2.75, 3.05) is 6.54 Å². The van der Waals surface area contributed by atoms with Gasteiger partial charge in [-0.2, -0.15) is 0 Å². The molecule has 1 saturated heterocycles. The van der Waals surface area contributed by atoms with Crippen LogP contribution in [0.3, 0.4) is 0 Å². The van der Waals surface area contributed by atoms with Gasteiger partial charge in [-0.1, -0.05) is 0 Å². The van der Waals surface area contributed by atoms with Gasteiger partial charge in [-0.05, 0) is 31.5 Å². The number of hydrogen-bond acceptors (Lipinski definition) is 2. The van der Waals surface area contributed by atoms with Gasteiger partial charge in [0.25, 0.3) is 0 Å². The smallest absolute Gasteiger partial charge is 0.245 e. The molecule has 0 bridgehead atoms. The van der Waals surface area contributed by atoms with E-state index in [0.29, 0.717) is 5.56 Å². The maximum absolute atomic E-state index is 13.1. The van der Waals surface area contributed by atoms with Crippen molar-refractivity contribution in [3.05, 3.63) is 35.4 Å². The third kappa shape index (κ3) is 2.57. The fourth-order valence-electron chi connectivity index (χ4n) is 2.07. The van der Waals surface area contributed by atoms with Crippen LogP contribution < -0.4 is 5.32 Å². The lowest BCUT2D eigenvalue weighted by molar-refractivity contribution is -0.152. The SMILES string of the molecule is CC1(C)C(=O)NCC(=O)N1Cc1cc(F)cc(F)c1. The van der Waals surface area contributed by atoms with Crippen LogP contribution in [0.25, 0.3) is 0 Å². The van der Waals surface area contributed by atoms with E-state index < -0.39 is 17.2 Å². The summed E-state index contributed by atoms with van der Waals surface area (Å²) in [6, 6.07) is 3.07. The van der Waals surface area contributed by atoms with E-state index in [2.05, 4.69) is 5.32 Å². The molecule has 1 N–H and O–H groups in total. The Morgan fingerprint density at radius 3 is 2.37 bits per heavy atom. The zero-order valence-electron chi connectivity index (χ0n) is 10.7.